The summed E-state index contributed by atoms with van der Waals surface area (Å²) in [5.41, 5.74) is -0.739. The van der Waals surface area contributed by atoms with Crippen molar-refractivity contribution < 1.29 is 8.85 Å². The molecule has 1 aliphatic rings. The second kappa shape index (κ2) is 11.3. The number of nitrogens with one attached hydrogen (secondary N) is 1. The van der Waals surface area contributed by atoms with E-state index in [0.717, 1.165) is 0 Å². The molecule has 1 aromatic heterocycles. The van der Waals surface area contributed by atoms with Crippen LogP contribution in [-0.2, 0) is 8.85 Å². The van der Waals surface area contributed by atoms with E-state index < -0.39 is 16.6 Å². The van der Waals surface area contributed by atoms with Crippen LogP contribution in [0.3, 0.4) is 0 Å². The summed E-state index contributed by atoms with van der Waals surface area (Å²) >= 11 is 1.82. The molecule has 6 nitrogen and oxygen atoms in total. The van der Waals surface area contributed by atoms with Crippen LogP contribution in [0.2, 0.25) is 41.1 Å². The minimum absolute atomic E-state index is 0.0489. The predicted octanol–water partition coefficient (Wildman–Crippen LogP) is 5.38. The van der Waals surface area contributed by atoms with Crippen LogP contribution in [0.15, 0.2) is 52.2 Å². The van der Waals surface area contributed by atoms with Gasteiger partial charge in [-0.05, 0) is 0 Å². The molecule has 0 unspecified atom stereocenters. The number of aromatic nitrogens is 2. The standard InChI is InChI=1S/C27H44N2O4SSeSi2/c1-26(2,3)36(7,8)32-18-20-22(33-37(9,10)27(4,5)6)23(35-19-14-12-11-13-15-19)24(34-20)29-17-16-21(30)28-25(29)31/h11-17,20,22-24H,18H2,1-10H3,(H,28,30,31)/t20-,22-,23+,24+/m1/s1. The van der Waals surface area contributed by atoms with Crippen LogP contribution in [-0.4, -0.2) is 59.1 Å². The molecule has 10 heteroatoms. The maximum atomic E-state index is 13.0. The van der Waals surface area contributed by atoms with Gasteiger partial charge in [0.05, 0.1) is 0 Å². The molecule has 0 spiro atoms. The van der Waals surface area contributed by atoms with E-state index in [1.165, 1.54) is 10.5 Å². The average molecular weight is 628 g/mol. The Morgan fingerprint density at radius 2 is 1.54 bits per heavy atom. The summed E-state index contributed by atoms with van der Waals surface area (Å²) in [6.07, 6.45) is 1.59. The number of nitrogens with zero attached hydrogens (tertiary/aromatic N) is 1. The number of rotatable bonds is 8. The molecule has 1 N–H and O–H groups in total. The van der Waals surface area contributed by atoms with E-state index >= 15 is 0 Å². The van der Waals surface area contributed by atoms with Crippen LogP contribution < -0.4 is 15.7 Å². The van der Waals surface area contributed by atoms with Crippen molar-refractivity contribution in [3.63, 3.8) is 0 Å². The molecule has 37 heavy (non-hydrogen) atoms. The van der Waals surface area contributed by atoms with Crippen molar-refractivity contribution in [3.05, 3.63) is 63.4 Å². The third kappa shape index (κ3) is 7.21. The van der Waals surface area contributed by atoms with Crippen molar-refractivity contribution in [1.82, 2.24) is 9.55 Å². The fourth-order valence-corrected chi connectivity index (χ4v) is 11.5. The van der Waals surface area contributed by atoms with E-state index in [1.807, 2.05) is 6.07 Å². The minimum atomic E-state index is -2.13. The summed E-state index contributed by atoms with van der Waals surface area (Å²) in [5, 5.41) is 0.101. The Bertz CT molecular complexity index is 1170. The van der Waals surface area contributed by atoms with E-state index in [-0.39, 0.29) is 57.8 Å². The Morgan fingerprint density at radius 3 is 2.08 bits per heavy atom. The van der Waals surface area contributed by atoms with Crippen molar-refractivity contribution in [3.8, 4) is 0 Å². The first-order valence-electron chi connectivity index (χ1n) is 12.9. The van der Waals surface area contributed by atoms with Crippen LogP contribution >= 0.6 is 11.8 Å². The van der Waals surface area contributed by atoms with Crippen LogP contribution in [0.1, 0.15) is 46.9 Å². The first-order valence-corrected chi connectivity index (χ1v) is 21.5. The molecule has 1 fully saturated rings. The Labute approximate surface area is 234 Å². The Kier molecular flexibility index (Phi) is 9.38. The van der Waals surface area contributed by atoms with Gasteiger partial charge < -0.3 is 0 Å². The molecule has 3 rings (SSSR count). The third-order valence-electron chi connectivity index (χ3n) is 8.08. The summed E-state index contributed by atoms with van der Waals surface area (Å²) in [5.74, 6) is 0. The molecule has 0 amide bonds. The molecular weight excluding hydrogens is 584 g/mol. The molecule has 4 atom stereocenters. The van der Waals surface area contributed by atoms with Gasteiger partial charge in [-0.3, -0.25) is 0 Å². The van der Waals surface area contributed by atoms with Crippen LogP contribution in [0.4, 0.5) is 0 Å². The summed E-state index contributed by atoms with van der Waals surface area (Å²) in [7, 11) is -4.11. The Balaban J connectivity index is 2.07. The molecule has 2 aromatic rings. The SMILES string of the molecule is CC(C)(C)[Si](C)(C)OC[C@H]1S[C@H](n2ccc(=O)[nH]c2=O)[C@@H]([Se]c2ccccc2)[C@@H]1O[Si](C)(C)C(C)(C)C. The number of hydrogen-bond acceptors (Lipinski definition) is 5. The normalized spacial score (nSPS) is 23.4. The molecule has 0 bridgehead atoms. The van der Waals surface area contributed by atoms with E-state index in [4.69, 9.17) is 8.85 Å². The fourth-order valence-electron chi connectivity index (χ4n) is 3.64. The molecule has 0 radical (unpaired) electrons. The van der Waals surface area contributed by atoms with Gasteiger partial charge in [-0.1, -0.05) is 0 Å². The Morgan fingerprint density at radius 1 is 0.946 bits per heavy atom. The molecule has 1 saturated heterocycles. The van der Waals surface area contributed by atoms with E-state index in [2.05, 4.69) is 97.0 Å². The number of H-pyrrole nitrogens is 1. The van der Waals surface area contributed by atoms with Gasteiger partial charge in [0.1, 0.15) is 0 Å². The van der Waals surface area contributed by atoms with Gasteiger partial charge in [0, 0.05) is 0 Å². The van der Waals surface area contributed by atoms with Crippen LogP contribution in [0.25, 0.3) is 0 Å². The number of benzene rings is 1. The van der Waals surface area contributed by atoms with Crippen molar-refractivity contribution >= 4 is 47.8 Å². The molecule has 0 saturated carbocycles. The number of thioether (sulfide) groups is 1. The van der Waals surface area contributed by atoms with Crippen molar-refractivity contribution in [2.45, 2.75) is 99.4 Å². The molecule has 2 heterocycles. The monoisotopic (exact) mass is 628 g/mol. The van der Waals surface area contributed by atoms with Gasteiger partial charge in [0.25, 0.3) is 0 Å². The quantitative estimate of drug-likeness (QED) is 0.398. The van der Waals surface area contributed by atoms with Gasteiger partial charge in [0.2, 0.25) is 0 Å². The third-order valence-corrected chi connectivity index (χ3v) is 21.8. The first-order chi connectivity index (χ1) is 16.9. The fraction of sp³-hybridized carbons (Fsp3) is 0.630. The molecule has 1 aromatic carbocycles. The zero-order valence-electron chi connectivity index (χ0n) is 24.0. The predicted molar refractivity (Wildman–Crippen MR) is 163 cm³/mol. The maximum absolute atomic E-state index is 13.0. The van der Waals surface area contributed by atoms with Gasteiger partial charge in [-0.2, -0.15) is 0 Å². The van der Waals surface area contributed by atoms with Gasteiger partial charge >= 0.3 is 236 Å². The number of hydrogen-bond donors (Lipinski definition) is 1. The molecule has 206 valence electrons. The average Bonchev–Trinajstić information content (AvgIpc) is 3.08. The second-order valence-electron chi connectivity index (χ2n) is 12.9. The number of aromatic amines is 1. The topological polar surface area (TPSA) is 73.3 Å². The van der Waals surface area contributed by atoms with Crippen LogP contribution in [0.5, 0.6) is 0 Å². The second-order valence-corrected chi connectivity index (χ2v) is 26.4. The first kappa shape index (κ1) is 30.7. The molecular formula is C27H44N2O4SSeSi2. The van der Waals surface area contributed by atoms with E-state index in [1.54, 1.807) is 22.5 Å². The van der Waals surface area contributed by atoms with Crippen molar-refractivity contribution in [2.75, 3.05) is 6.61 Å². The van der Waals surface area contributed by atoms with Crippen molar-refractivity contribution in [2.24, 2.45) is 0 Å². The van der Waals surface area contributed by atoms with Gasteiger partial charge in [0.15, 0.2) is 0 Å². The van der Waals surface area contributed by atoms with Crippen molar-refractivity contribution in [1.29, 1.82) is 0 Å². The Hall–Kier alpha value is -0.877. The van der Waals surface area contributed by atoms with Crippen LogP contribution in [0, 0.1) is 0 Å². The summed E-state index contributed by atoms with van der Waals surface area (Å²) < 4.78 is 16.9. The van der Waals surface area contributed by atoms with E-state index in [9.17, 15) is 9.59 Å². The zero-order valence-corrected chi connectivity index (χ0v) is 28.5. The summed E-state index contributed by atoms with van der Waals surface area (Å²) in [6.45, 7) is 23.3. The molecule has 1 aliphatic heterocycles. The summed E-state index contributed by atoms with van der Waals surface area (Å²) in [6, 6.07) is 12.0. The summed E-state index contributed by atoms with van der Waals surface area (Å²) in [4.78, 5) is 27.4. The van der Waals surface area contributed by atoms with Gasteiger partial charge in [-0.25, -0.2) is 0 Å². The molecule has 0 aliphatic carbocycles. The van der Waals surface area contributed by atoms with E-state index in [0.29, 0.717) is 6.61 Å². The zero-order chi connectivity index (χ0) is 27.8. The van der Waals surface area contributed by atoms with Gasteiger partial charge in [-0.15, -0.1) is 0 Å².